The number of hydrogen-bond donors (Lipinski definition) is 1. The van der Waals surface area contributed by atoms with E-state index in [1.54, 1.807) is 18.9 Å². The van der Waals surface area contributed by atoms with Crippen LogP contribution in [0.25, 0.3) is 0 Å². The van der Waals surface area contributed by atoms with Crippen molar-refractivity contribution in [3.05, 3.63) is 34.9 Å². The molecule has 0 spiro atoms. The molecule has 0 saturated heterocycles. The molecule has 1 aliphatic rings. The van der Waals surface area contributed by atoms with Crippen LogP contribution in [0.15, 0.2) is 23.3 Å². The van der Waals surface area contributed by atoms with Gasteiger partial charge >= 0.3 is 18.2 Å². The molecule has 0 radical (unpaired) electrons. The molecule has 0 atom stereocenters. The highest BCUT2D eigenvalue weighted by molar-refractivity contribution is 5.89. The molecule has 0 aliphatic carbocycles. The molecule has 9 heteroatoms. The Balaban J connectivity index is 2.29. The Hall–Kier alpha value is -2.45. The third-order valence-electron chi connectivity index (χ3n) is 3.22. The summed E-state index contributed by atoms with van der Waals surface area (Å²) < 4.78 is 43.7. The molecular formula is C14H16F3N3O3. The molecule has 126 valence electrons. The molecule has 0 fully saturated rings. The van der Waals surface area contributed by atoms with Gasteiger partial charge in [-0.15, -0.1) is 5.10 Å². The maximum absolute atomic E-state index is 12.8. The smallest absolute Gasteiger partial charge is 0.416 e. The van der Waals surface area contributed by atoms with Gasteiger partial charge in [-0.1, -0.05) is 0 Å². The summed E-state index contributed by atoms with van der Waals surface area (Å²) in [5, 5.41) is 14.7. The second-order valence-corrected chi connectivity index (χ2v) is 4.99. The molecule has 1 aromatic carbocycles. The molecule has 0 aromatic heterocycles. The van der Waals surface area contributed by atoms with Crippen molar-refractivity contribution in [2.75, 3.05) is 20.3 Å². The van der Waals surface area contributed by atoms with Crippen LogP contribution >= 0.6 is 0 Å². The van der Waals surface area contributed by atoms with E-state index >= 15 is 0 Å². The van der Waals surface area contributed by atoms with Crippen molar-refractivity contribution in [1.29, 1.82) is 0 Å². The molecule has 1 aliphatic heterocycles. The van der Waals surface area contributed by atoms with E-state index in [2.05, 4.69) is 5.10 Å². The van der Waals surface area contributed by atoms with Crippen molar-refractivity contribution in [3.8, 4) is 0 Å². The quantitative estimate of drug-likeness (QED) is 0.918. The fourth-order valence-electron chi connectivity index (χ4n) is 2.19. The summed E-state index contributed by atoms with van der Waals surface area (Å²) in [4.78, 5) is 12.9. The summed E-state index contributed by atoms with van der Waals surface area (Å²) in [7, 11) is 1.72. The second-order valence-electron chi connectivity index (χ2n) is 4.99. The maximum Gasteiger partial charge on any atom is 0.416 e. The number of carbonyl (C=O) groups is 1. The van der Waals surface area contributed by atoms with Gasteiger partial charge in [0.05, 0.1) is 24.3 Å². The summed E-state index contributed by atoms with van der Waals surface area (Å²) >= 11 is 0. The number of ether oxygens (including phenoxy) is 1. The molecule has 2 rings (SSSR count). The molecule has 1 aromatic rings. The number of aromatic carboxylic acids is 1. The largest absolute Gasteiger partial charge is 0.478 e. The summed E-state index contributed by atoms with van der Waals surface area (Å²) in [6.45, 7) is 2.42. The van der Waals surface area contributed by atoms with Crippen LogP contribution in [0, 0.1) is 0 Å². The first-order valence-corrected chi connectivity index (χ1v) is 6.83. The Labute approximate surface area is 130 Å². The van der Waals surface area contributed by atoms with Crippen LogP contribution in [0.2, 0.25) is 0 Å². The van der Waals surface area contributed by atoms with Gasteiger partial charge in [-0.2, -0.15) is 13.2 Å². The molecule has 0 amide bonds. The molecular weight excluding hydrogens is 315 g/mol. The van der Waals surface area contributed by atoms with Crippen molar-refractivity contribution in [3.63, 3.8) is 0 Å². The van der Waals surface area contributed by atoms with Crippen LogP contribution in [-0.2, 0) is 17.5 Å². The zero-order chi connectivity index (χ0) is 17.2. The summed E-state index contributed by atoms with van der Waals surface area (Å²) in [6, 6.07) is 2.92. The van der Waals surface area contributed by atoms with E-state index in [1.165, 1.54) is 5.01 Å². The lowest BCUT2D eigenvalue weighted by Crippen LogP contribution is -2.28. The lowest BCUT2D eigenvalue weighted by molar-refractivity contribution is -0.137. The normalized spacial score (nSPS) is 14.9. The molecule has 0 unspecified atom stereocenters. The van der Waals surface area contributed by atoms with Crippen molar-refractivity contribution < 1.29 is 27.8 Å². The summed E-state index contributed by atoms with van der Waals surface area (Å²) in [6.07, 6.45) is -4.53. The topological polar surface area (TPSA) is 65.4 Å². The van der Waals surface area contributed by atoms with Crippen molar-refractivity contribution in [2.24, 2.45) is 5.10 Å². The minimum atomic E-state index is -4.53. The lowest BCUT2D eigenvalue weighted by atomic mass is 10.0. The number of hydrogen-bond acceptors (Lipinski definition) is 5. The first-order chi connectivity index (χ1) is 10.7. The molecule has 1 N–H and O–H groups in total. The average Bonchev–Trinajstić information content (AvgIpc) is 2.78. The zero-order valence-electron chi connectivity index (χ0n) is 12.6. The molecule has 1 heterocycles. The third kappa shape index (κ3) is 3.85. The van der Waals surface area contributed by atoms with Crippen molar-refractivity contribution in [1.82, 2.24) is 9.91 Å². The highest BCUT2D eigenvalue weighted by Gasteiger charge is 2.32. The molecule has 0 bridgehead atoms. The van der Waals surface area contributed by atoms with E-state index in [-0.39, 0.29) is 17.7 Å². The van der Waals surface area contributed by atoms with Crippen LogP contribution in [-0.4, -0.2) is 47.3 Å². The predicted molar refractivity (Wildman–Crippen MR) is 75.6 cm³/mol. The van der Waals surface area contributed by atoms with E-state index in [1.807, 2.05) is 0 Å². The van der Waals surface area contributed by atoms with Gasteiger partial charge in [-0.3, -0.25) is 5.01 Å². The number of hydrazone groups is 1. The second kappa shape index (κ2) is 6.35. The van der Waals surface area contributed by atoms with Crippen LogP contribution in [0.1, 0.15) is 28.4 Å². The van der Waals surface area contributed by atoms with Gasteiger partial charge in [0.1, 0.15) is 6.67 Å². The van der Waals surface area contributed by atoms with E-state index in [0.717, 1.165) is 18.2 Å². The molecule has 23 heavy (non-hydrogen) atoms. The highest BCUT2D eigenvalue weighted by atomic mass is 19.4. The van der Waals surface area contributed by atoms with Crippen molar-refractivity contribution >= 4 is 12.0 Å². The van der Waals surface area contributed by atoms with E-state index in [9.17, 15) is 18.0 Å². The van der Waals surface area contributed by atoms with E-state index in [0.29, 0.717) is 19.3 Å². The Kier molecular flexibility index (Phi) is 4.67. The fraction of sp³-hybridized carbons (Fsp3) is 0.429. The summed E-state index contributed by atoms with van der Waals surface area (Å²) in [5.41, 5.74) is -1.03. The minimum absolute atomic E-state index is 0.0437. The predicted octanol–water partition coefficient (Wildman–Crippen LogP) is 2.42. The zero-order valence-corrected chi connectivity index (χ0v) is 12.6. The number of rotatable bonds is 4. The molecule has 6 nitrogen and oxygen atoms in total. The van der Waals surface area contributed by atoms with Crippen LogP contribution < -0.4 is 0 Å². The van der Waals surface area contributed by atoms with Gasteiger partial charge in [0.25, 0.3) is 0 Å². The standard InChI is InChI=1S/C14H16F3N3O3/c1-3-23-13-18-20(8-19(13)2)7-9-6-10(14(15,16)17)4-5-11(9)12(21)22/h4-6H,3,7-8H2,1-2H3,(H,21,22). The van der Waals surface area contributed by atoms with Crippen LogP contribution in [0.3, 0.4) is 0 Å². The van der Waals surface area contributed by atoms with Gasteiger partial charge in [0.2, 0.25) is 0 Å². The number of amidine groups is 1. The lowest BCUT2D eigenvalue weighted by Gasteiger charge is -2.18. The number of benzene rings is 1. The van der Waals surface area contributed by atoms with Gasteiger partial charge in [-0.05, 0) is 30.7 Å². The fourth-order valence-corrected chi connectivity index (χ4v) is 2.19. The monoisotopic (exact) mass is 331 g/mol. The highest BCUT2D eigenvalue weighted by Crippen LogP contribution is 2.31. The Morgan fingerprint density at radius 2 is 2.13 bits per heavy atom. The number of nitrogens with zero attached hydrogens (tertiary/aromatic N) is 3. The van der Waals surface area contributed by atoms with E-state index in [4.69, 9.17) is 9.84 Å². The SMILES string of the molecule is CCOC1=NN(Cc2cc(C(F)(F)F)ccc2C(=O)O)CN1C. The maximum atomic E-state index is 12.8. The number of halogens is 3. The average molecular weight is 331 g/mol. The Bertz CT molecular complexity index is 631. The van der Waals surface area contributed by atoms with Gasteiger partial charge in [-0.25, -0.2) is 4.79 Å². The van der Waals surface area contributed by atoms with Gasteiger partial charge in [0.15, 0.2) is 0 Å². The minimum Gasteiger partial charge on any atom is -0.478 e. The first kappa shape index (κ1) is 16.9. The van der Waals surface area contributed by atoms with Crippen LogP contribution in [0.5, 0.6) is 0 Å². The number of carboxylic acids is 1. The van der Waals surface area contributed by atoms with E-state index < -0.39 is 17.7 Å². The van der Waals surface area contributed by atoms with Gasteiger partial charge < -0.3 is 14.7 Å². The molecule has 0 saturated carbocycles. The number of alkyl halides is 3. The van der Waals surface area contributed by atoms with Crippen molar-refractivity contribution in [2.45, 2.75) is 19.6 Å². The summed E-state index contributed by atoms with van der Waals surface area (Å²) in [5.74, 6) is -1.28. The Morgan fingerprint density at radius 3 is 2.70 bits per heavy atom. The third-order valence-corrected chi connectivity index (χ3v) is 3.22. The Morgan fingerprint density at radius 1 is 1.43 bits per heavy atom. The van der Waals surface area contributed by atoms with Gasteiger partial charge in [0, 0.05) is 7.05 Å². The van der Waals surface area contributed by atoms with Crippen LogP contribution in [0.4, 0.5) is 13.2 Å². The first-order valence-electron chi connectivity index (χ1n) is 6.83. The number of carboxylic acid groups (broad SMARTS) is 1.